The highest BCUT2D eigenvalue weighted by atomic mass is 16.2. The highest BCUT2D eigenvalue weighted by Crippen LogP contribution is 2.41. The number of nitrogens with one attached hydrogen (secondary N) is 2. The highest BCUT2D eigenvalue weighted by molar-refractivity contribution is 6.06. The van der Waals surface area contributed by atoms with Gasteiger partial charge < -0.3 is 15.5 Å². The lowest BCUT2D eigenvalue weighted by atomic mass is 10.0. The molecule has 0 saturated heterocycles. The number of amides is 1. The first kappa shape index (κ1) is 19.2. The third-order valence-corrected chi connectivity index (χ3v) is 5.20. The molecule has 0 atom stereocenters. The molecule has 0 radical (unpaired) electrons. The van der Waals surface area contributed by atoms with E-state index in [0.717, 1.165) is 52.5 Å². The van der Waals surface area contributed by atoms with Crippen LogP contribution in [0.3, 0.4) is 0 Å². The van der Waals surface area contributed by atoms with Gasteiger partial charge in [0, 0.05) is 17.4 Å². The molecule has 0 aliphatic carbocycles. The van der Waals surface area contributed by atoms with E-state index < -0.39 is 0 Å². The minimum Gasteiger partial charge on any atom is -0.380 e. The first-order valence-electron chi connectivity index (χ1n) is 9.77. The average molecular weight is 367 g/mol. The number of anilines is 4. The number of carbonyl (C=O) groups excluding carboxylic acids is 1. The van der Waals surface area contributed by atoms with Crippen LogP contribution in [0.1, 0.15) is 49.1 Å². The van der Waals surface area contributed by atoms with E-state index in [-0.39, 0.29) is 12.5 Å². The van der Waals surface area contributed by atoms with Crippen LogP contribution in [0.2, 0.25) is 0 Å². The van der Waals surface area contributed by atoms with Gasteiger partial charge in [0.15, 0.2) is 5.82 Å². The molecule has 27 heavy (non-hydrogen) atoms. The number of hydrogen-bond acceptors (Lipinski definition) is 4. The molecule has 2 N–H and O–H groups in total. The number of nitrogens with zero attached hydrogens (tertiary/aromatic N) is 2. The lowest BCUT2D eigenvalue weighted by Crippen LogP contribution is -2.37. The predicted molar refractivity (Wildman–Crippen MR) is 113 cm³/mol. The highest BCUT2D eigenvalue weighted by Gasteiger charge is 2.29. The zero-order valence-corrected chi connectivity index (χ0v) is 17.2. The van der Waals surface area contributed by atoms with Crippen molar-refractivity contribution in [2.45, 2.75) is 60.4 Å². The molecule has 0 fully saturated rings. The normalized spacial score (nSPS) is 13.6. The Morgan fingerprint density at radius 1 is 1.11 bits per heavy atom. The smallest absolute Gasteiger partial charge is 0.244 e. The summed E-state index contributed by atoms with van der Waals surface area (Å²) in [5, 5.41) is 6.65. The Bertz CT molecular complexity index is 848. The summed E-state index contributed by atoms with van der Waals surface area (Å²) in [6, 6.07) is 6.71. The molecule has 1 aliphatic heterocycles. The lowest BCUT2D eigenvalue weighted by Gasteiger charge is -2.34. The van der Waals surface area contributed by atoms with Crippen molar-refractivity contribution in [3.8, 4) is 0 Å². The van der Waals surface area contributed by atoms with Crippen LogP contribution in [0, 0.1) is 27.7 Å². The van der Waals surface area contributed by atoms with E-state index in [0.29, 0.717) is 6.04 Å². The number of rotatable bonds is 5. The molecule has 5 heteroatoms. The van der Waals surface area contributed by atoms with Gasteiger partial charge in [0.25, 0.3) is 0 Å². The van der Waals surface area contributed by atoms with E-state index in [2.05, 4.69) is 62.3 Å². The van der Waals surface area contributed by atoms with Gasteiger partial charge in [-0.15, -0.1) is 0 Å². The Labute approximate surface area is 162 Å². The van der Waals surface area contributed by atoms with Crippen LogP contribution >= 0.6 is 0 Å². The summed E-state index contributed by atoms with van der Waals surface area (Å²) in [5.74, 6) is 0.804. The lowest BCUT2D eigenvalue weighted by molar-refractivity contribution is -0.115. The molecule has 2 aromatic rings. The van der Waals surface area contributed by atoms with Crippen molar-refractivity contribution in [3.05, 3.63) is 40.6 Å². The maximum absolute atomic E-state index is 12.6. The van der Waals surface area contributed by atoms with Crippen LogP contribution in [-0.4, -0.2) is 23.5 Å². The largest absolute Gasteiger partial charge is 0.380 e. The number of carbonyl (C=O) groups is 1. The molecule has 0 saturated carbocycles. The van der Waals surface area contributed by atoms with Crippen molar-refractivity contribution in [3.63, 3.8) is 0 Å². The topological polar surface area (TPSA) is 57.3 Å². The number of aryl methyl sites for hydroxylation is 4. The van der Waals surface area contributed by atoms with Gasteiger partial charge in [-0.3, -0.25) is 4.79 Å². The number of aromatic nitrogens is 1. The minimum atomic E-state index is -0.0138. The summed E-state index contributed by atoms with van der Waals surface area (Å²) in [6.07, 6.45) is 2.06. The van der Waals surface area contributed by atoms with Crippen LogP contribution in [0.4, 0.5) is 22.9 Å². The standard InChI is InChI=1S/C22H30N4O/c1-7-17(8-2)24-18-11-16(6)23-22-20(18)25-19(27)12-26(22)21-14(4)9-13(3)10-15(21)5/h9-11,17H,7-8,12H2,1-6H3,(H,23,24)(H,25,27). The monoisotopic (exact) mass is 366 g/mol. The van der Waals surface area contributed by atoms with E-state index in [4.69, 9.17) is 4.98 Å². The summed E-state index contributed by atoms with van der Waals surface area (Å²) in [7, 11) is 0. The zero-order chi connectivity index (χ0) is 19.7. The molecule has 0 bridgehead atoms. The first-order chi connectivity index (χ1) is 12.8. The van der Waals surface area contributed by atoms with Crippen molar-refractivity contribution < 1.29 is 4.79 Å². The Balaban J connectivity index is 2.15. The van der Waals surface area contributed by atoms with Gasteiger partial charge in [0.2, 0.25) is 5.91 Å². The maximum Gasteiger partial charge on any atom is 0.244 e. The molecule has 0 unspecified atom stereocenters. The molecule has 2 heterocycles. The Kier molecular flexibility index (Phi) is 5.40. The van der Waals surface area contributed by atoms with Crippen molar-refractivity contribution in [2.75, 3.05) is 22.1 Å². The first-order valence-corrected chi connectivity index (χ1v) is 9.77. The van der Waals surface area contributed by atoms with Crippen molar-refractivity contribution in [1.29, 1.82) is 0 Å². The Morgan fingerprint density at radius 3 is 2.33 bits per heavy atom. The fourth-order valence-electron chi connectivity index (χ4n) is 3.98. The van der Waals surface area contributed by atoms with E-state index in [1.807, 2.05) is 13.0 Å². The summed E-state index contributed by atoms with van der Waals surface area (Å²) in [5.41, 5.74) is 7.28. The van der Waals surface area contributed by atoms with Crippen LogP contribution in [0.5, 0.6) is 0 Å². The Hall–Kier alpha value is -2.56. The second-order valence-corrected chi connectivity index (χ2v) is 7.55. The van der Waals surface area contributed by atoms with Crippen LogP contribution in [-0.2, 0) is 4.79 Å². The number of hydrogen-bond donors (Lipinski definition) is 2. The molecular formula is C22H30N4O. The van der Waals surface area contributed by atoms with Gasteiger partial charge in [-0.25, -0.2) is 4.98 Å². The summed E-state index contributed by atoms with van der Waals surface area (Å²) >= 11 is 0. The summed E-state index contributed by atoms with van der Waals surface area (Å²) < 4.78 is 0. The summed E-state index contributed by atoms with van der Waals surface area (Å²) in [4.78, 5) is 19.4. The van der Waals surface area contributed by atoms with Crippen LogP contribution in [0.25, 0.3) is 0 Å². The van der Waals surface area contributed by atoms with Gasteiger partial charge in [-0.2, -0.15) is 0 Å². The molecule has 1 amide bonds. The quantitative estimate of drug-likeness (QED) is 0.781. The second kappa shape index (κ2) is 7.59. The maximum atomic E-state index is 12.6. The van der Waals surface area contributed by atoms with Crippen molar-refractivity contribution >= 4 is 28.8 Å². The number of fused-ring (bicyclic) bond motifs is 1. The van der Waals surface area contributed by atoms with E-state index >= 15 is 0 Å². The molecule has 1 aliphatic rings. The third-order valence-electron chi connectivity index (χ3n) is 5.20. The molecule has 1 aromatic carbocycles. The van der Waals surface area contributed by atoms with Crippen LogP contribution in [0.15, 0.2) is 18.2 Å². The second-order valence-electron chi connectivity index (χ2n) is 7.55. The van der Waals surface area contributed by atoms with Gasteiger partial charge in [-0.1, -0.05) is 31.5 Å². The Morgan fingerprint density at radius 2 is 1.74 bits per heavy atom. The van der Waals surface area contributed by atoms with Crippen molar-refractivity contribution in [1.82, 2.24) is 4.98 Å². The summed E-state index contributed by atoms with van der Waals surface area (Å²) in [6.45, 7) is 12.9. The molecule has 3 rings (SSSR count). The average Bonchev–Trinajstić information content (AvgIpc) is 2.59. The van der Waals surface area contributed by atoms with Gasteiger partial charge in [0.05, 0.1) is 5.69 Å². The third kappa shape index (κ3) is 3.77. The van der Waals surface area contributed by atoms with Gasteiger partial charge in [0.1, 0.15) is 12.2 Å². The zero-order valence-electron chi connectivity index (χ0n) is 17.2. The molecule has 0 spiro atoms. The van der Waals surface area contributed by atoms with E-state index in [1.165, 1.54) is 5.56 Å². The number of benzene rings is 1. The van der Waals surface area contributed by atoms with Crippen LogP contribution < -0.4 is 15.5 Å². The number of pyridine rings is 1. The fraction of sp³-hybridized carbons (Fsp3) is 0.455. The molecule has 144 valence electrons. The van der Waals surface area contributed by atoms with E-state index in [9.17, 15) is 4.79 Å². The van der Waals surface area contributed by atoms with Crippen molar-refractivity contribution in [2.24, 2.45) is 0 Å². The fourth-order valence-corrected chi connectivity index (χ4v) is 3.98. The minimum absolute atomic E-state index is 0.0138. The SMILES string of the molecule is CCC(CC)Nc1cc(C)nc2c1NC(=O)CN2c1c(C)cc(C)cc1C. The van der Waals surface area contributed by atoms with Gasteiger partial charge >= 0.3 is 0 Å². The van der Waals surface area contributed by atoms with E-state index in [1.54, 1.807) is 0 Å². The molecule has 1 aromatic heterocycles. The molecular weight excluding hydrogens is 336 g/mol. The van der Waals surface area contributed by atoms with Gasteiger partial charge in [-0.05, 0) is 57.7 Å². The molecule has 5 nitrogen and oxygen atoms in total. The predicted octanol–water partition coefficient (Wildman–Crippen LogP) is 5.01.